The maximum Gasteiger partial charge on any atom is 0.358 e. The zero-order chi connectivity index (χ0) is 42.4. The number of thioether (sulfide) groups is 1. The van der Waals surface area contributed by atoms with E-state index >= 15 is 0 Å². The number of anilines is 1. The smallest absolute Gasteiger partial charge is 0.358 e. The van der Waals surface area contributed by atoms with E-state index in [-0.39, 0.29) is 28.0 Å². The number of nitrogen functional groups attached to an aromatic ring is 1. The quantitative estimate of drug-likeness (QED) is 0.0326. The second-order valence-electron chi connectivity index (χ2n) is 14.9. The lowest BCUT2D eigenvalue weighted by molar-refractivity contribution is -0.173. The molecule has 0 saturated carbocycles. The first kappa shape index (κ1) is 41.6. The molecule has 0 radical (unpaired) electrons. The average molecular weight is 843 g/mol. The first-order chi connectivity index (χ1) is 28.9. The number of nitrogens with zero attached hydrogens (tertiary/aromatic N) is 4. The Labute approximate surface area is 355 Å². The Morgan fingerprint density at radius 1 is 0.900 bits per heavy atom. The van der Waals surface area contributed by atoms with Gasteiger partial charge in [0.2, 0.25) is 12.4 Å². The number of pyridine rings is 1. The molecule has 2 atom stereocenters. The van der Waals surface area contributed by atoms with Crippen LogP contribution in [-0.4, -0.2) is 68.3 Å². The summed E-state index contributed by atoms with van der Waals surface area (Å²) in [6, 6.07) is 31.2. The molecule has 0 bridgehead atoms. The number of fused-ring (bicyclic) bond motifs is 1. The number of nitrogens with two attached hydrogens (primary N) is 1. The number of thiazole rings is 1. The summed E-state index contributed by atoms with van der Waals surface area (Å²) in [5.74, 6) is -2.46. The Hall–Kier alpha value is -6.58. The number of nitrogens with one attached hydrogen (secondary N) is 1. The van der Waals surface area contributed by atoms with Crippen molar-refractivity contribution in [2.75, 3.05) is 18.3 Å². The molecule has 7 rings (SSSR count). The predicted octanol–water partition coefficient (Wildman–Crippen LogP) is 6.60. The van der Waals surface area contributed by atoms with E-state index in [1.54, 1.807) is 50.6 Å². The molecule has 3 N–H and O–H groups in total. The van der Waals surface area contributed by atoms with Crippen LogP contribution in [0.2, 0.25) is 0 Å². The molecular weight excluding hydrogens is 801 g/mol. The largest absolute Gasteiger partial charge is 0.427 e. The number of carbonyl (C=O) groups excluding carboxylic acids is 4. The number of amides is 2. The summed E-state index contributed by atoms with van der Waals surface area (Å²) in [6.45, 7) is 6.24. The van der Waals surface area contributed by atoms with E-state index in [4.69, 9.17) is 20.0 Å². The number of ether oxygens (including phenoxy) is 2. The first-order valence-corrected chi connectivity index (χ1v) is 20.9. The van der Waals surface area contributed by atoms with Crippen LogP contribution in [0.25, 0.3) is 6.08 Å². The summed E-state index contributed by atoms with van der Waals surface area (Å²) in [5, 5.41) is 8.47. The standard InChI is InChI=1S/C45H42N6O7S2/c1-28-29(15-14-24-47-28)22-23-30-25-59-40-36(39(53)51(40)37(30)41(54)56-27-57-42(55)44(2,3)4)49-38(52)35(34-26-60-43(46)48-34)50-58-45(31-16-8-5-9-17-31,32-18-10-6-11-19-32)33-20-12-7-13-21-33/h5-24,26,36,40H,25,27H2,1-4H3,(H2,46,48)(H,49,52)/b23-22-,50-35?/t36-,40-/m1/s1. The van der Waals surface area contributed by atoms with Gasteiger partial charge in [-0.1, -0.05) is 114 Å². The maximum absolute atomic E-state index is 14.4. The third-order valence-electron chi connectivity index (χ3n) is 9.78. The van der Waals surface area contributed by atoms with E-state index in [2.05, 4.69) is 20.4 Å². The fourth-order valence-corrected chi connectivity index (χ4v) is 8.51. The van der Waals surface area contributed by atoms with Crippen molar-refractivity contribution in [2.24, 2.45) is 10.6 Å². The van der Waals surface area contributed by atoms with Gasteiger partial charge in [-0.25, -0.2) is 9.78 Å². The lowest BCUT2D eigenvalue weighted by Crippen LogP contribution is -2.71. The van der Waals surface area contributed by atoms with Crippen molar-refractivity contribution in [2.45, 2.75) is 44.7 Å². The van der Waals surface area contributed by atoms with Crippen LogP contribution < -0.4 is 11.1 Å². The Kier molecular flexibility index (Phi) is 12.3. The lowest BCUT2D eigenvalue weighted by atomic mass is 9.80. The van der Waals surface area contributed by atoms with Crippen LogP contribution in [-0.2, 0) is 39.1 Å². The number of rotatable bonds is 13. The monoisotopic (exact) mass is 842 g/mol. The highest BCUT2D eigenvalue weighted by molar-refractivity contribution is 8.00. The summed E-state index contributed by atoms with van der Waals surface area (Å²) in [4.78, 5) is 71.3. The Morgan fingerprint density at radius 2 is 1.52 bits per heavy atom. The van der Waals surface area contributed by atoms with Gasteiger partial charge in [0.1, 0.15) is 22.8 Å². The molecule has 1 saturated heterocycles. The van der Waals surface area contributed by atoms with Gasteiger partial charge in [-0.05, 0) is 44.9 Å². The number of carbonyl (C=O) groups is 4. The summed E-state index contributed by atoms with van der Waals surface area (Å²) in [6.07, 6.45) is 5.22. The number of hydrogen-bond acceptors (Lipinski definition) is 13. The molecule has 3 aromatic carbocycles. The molecule has 0 unspecified atom stereocenters. The number of β-lactam (4-membered cyclic amide) rings is 1. The third-order valence-corrected chi connectivity index (χ3v) is 11.8. The topological polar surface area (TPSA) is 175 Å². The molecule has 2 amide bonds. The van der Waals surface area contributed by atoms with E-state index in [9.17, 15) is 19.2 Å². The molecule has 0 spiro atoms. The van der Waals surface area contributed by atoms with Crippen molar-refractivity contribution in [1.29, 1.82) is 0 Å². The number of aromatic nitrogens is 2. The van der Waals surface area contributed by atoms with Gasteiger partial charge in [-0.15, -0.1) is 23.1 Å². The van der Waals surface area contributed by atoms with Crippen LogP contribution in [0.3, 0.4) is 0 Å². The van der Waals surface area contributed by atoms with Crippen LogP contribution in [0.15, 0.2) is 137 Å². The van der Waals surface area contributed by atoms with Gasteiger partial charge in [0.05, 0.1) is 5.41 Å². The third kappa shape index (κ3) is 8.58. The van der Waals surface area contributed by atoms with Crippen LogP contribution in [0.4, 0.5) is 5.13 Å². The highest BCUT2D eigenvalue weighted by Gasteiger charge is 2.55. The van der Waals surface area contributed by atoms with E-state index in [0.29, 0.717) is 5.57 Å². The number of esters is 2. The van der Waals surface area contributed by atoms with Gasteiger partial charge in [-0.3, -0.25) is 24.3 Å². The number of aryl methyl sites for hydroxylation is 1. The van der Waals surface area contributed by atoms with Crippen molar-refractivity contribution in [3.05, 3.63) is 166 Å². The van der Waals surface area contributed by atoms with E-state index in [0.717, 1.165) is 39.3 Å². The molecule has 13 nitrogen and oxygen atoms in total. The van der Waals surface area contributed by atoms with Crippen LogP contribution in [0.5, 0.6) is 0 Å². The summed E-state index contributed by atoms with van der Waals surface area (Å²) in [7, 11) is 0. The van der Waals surface area contributed by atoms with E-state index in [1.165, 1.54) is 16.7 Å². The van der Waals surface area contributed by atoms with Crippen molar-refractivity contribution in [1.82, 2.24) is 20.2 Å². The lowest BCUT2D eigenvalue weighted by Gasteiger charge is -2.49. The summed E-state index contributed by atoms with van der Waals surface area (Å²) < 4.78 is 10.6. The fourth-order valence-electron chi connectivity index (χ4n) is 6.65. The van der Waals surface area contributed by atoms with Crippen LogP contribution >= 0.6 is 23.1 Å². The number of oxime groups is 1. The minimum Gasteiger partial charge on any atom is -0.427 e. The molecule has 2 aliphatic rings. The predicted molar refractivity (Wildman–Crippen MR) is 230 cm³/mol. The highest BCUT2D eigenvalue weighted by atomic mass is 32.2. The van der Waals surface area contributed by atoms with Crippen molar-refractivity contribution in [3.63, 3.8) is 0 Å². The Bertz CT molecular complexity index is 2390. The molecule has 60 heavy (non-hydrogen) atoms. The average Bonchev–Trinajstić information content (AvgIpc) is 3.69. The van der Waals surface area contributed by atoms with Crippen molar-refractivity contribution < 1.29 is 33.5 Å². The molecule has 306 valence electrons. The molecule has 1 fully saturated rings. The van der Waals surface area contributed by atoms with Crippen molar-refractivity contribution in [3.8, 4) is 0 Å². The highest BCUT2D eigenvalue weighted by Crippen LogP contribution is 2.43. The van der Waals surface area contributed by atoms with Gasteiger partial charge in [0, 0.05) is 39.7 Å². The molecule has 15 heteroatoms. The second-order valence-corrected chi connectivity index (χ2v) is 16.9. The zero-order valence-electron chi connectivity index (χ0n) is 33.2. The van der Waals surface area contributed by atoms with Crippen molar-refractivity contribution >= 4 is 63.8 Å². The van der Waals surface area contributed by atoms with Gasteiger partial charge in [0.25, 0.3) is 11.8 Å². The molecular formula is C45H42N6O7S2. The number of allylic oxidation sites excluding steroid dienone is 1. The molecule has 2 aromatic heterocycles. The molecule has 5 aromatic rings. The SMILES string of the molecule is Cc1ncccc1/C=C\C1=C(C(=O)OCOC(=O)C(C)(C)C)N2C(=O)[C@@H](NC(=O)C(=NOC(c3ccccc3)(c3ccccc3)c3ccccc3)c3csc(N)n3)[C@H]2SC1. The van der Waals surface area contributed by atoms with Gasteiger partial charge >= 0.3 is 11.9 Å². The first-order valence-electron chi connectivity index (χ1n) is 19.0. The van der Waals surface area contributed by atoms with Crippen LogP contribution in [0.1, 0.15) is 54.4 Å². The Balaban J connectivity index is 1.20. The summed E-state index contributed by atoms with van der Waals surface area (Å²) in [5.41, 5.74) is 8.13. The van der Waals surface area contributed by atoms with E-state index < -0.39 is 53.0 Å². The molecule has 2 aliphatic heterocycles. The zero-order valence-corrected chi connectivity index (χ0v) is 34.9. The van der Waals surface area contributed by atoms with Gasteiger partial charge < -0.3 is 25.4 Å². The van der Waals surface area contributed by atoms with E-state index in [1.807, 2.05) is 104 Å². The minimum atomic E-state index is -1.32. The Morgan fingerprint density at radius 3 is 2.07 bits per heavy atom. The number of hydrogen-bond donors (Lipinski definition) is 2. The maximum atomic E-state index is 14.4. The van der Waals surface area contributed by atoms with Crippen LogP contribution in [0, 0.1) is 12.3 Å². The fraction of sp³-hybridized carbons (Fsp3) is 0.222. The normalized spacial score (nSPS) is 16.8. The summed E-state index contributed by atoms with van der Waals surface area (Å²) >= 11 is 2.48. The minimum absolute atomic E-state index is 0.0262. The number of benzene rings is 3. The molecule has 4 heterocycles. The van der Waals surface area contributed by atoms with Gasteiger partial charge in [-0.2, -0.15) is 0 Å². The molecule has 0 aliphatic carbocycles. The second kappa shape index (κ2) is 17.7. The van der Waals surface area contributed by atoms with Gasteiger partial charge in [0.15, 0.2) is 10.8 Å².